The molecule has 0 saturated carbocycles. The number of unbranched alkanes of at least 4 members (excludes halogenated alkanes) is 2. The molecule has 96 valence electrons. The van der Waals surface area contributed by atoms with Crippen molar-refractivity contribution in [1.29, 1.82) is 0 Å². The maximum Gasteiger partial charge on any atom is 0.306 e. The molecule has 1 atom stereocenters. The summed E-state index contributed by atoms with van der Waals surface area (Å²) >= 11 is 0. The second-order valence-corrected chi connectivity index (χ2v) is 4.95. The Bertz CT molecular complexity index is 176. The van der Waals surface area contributed by atoms with Gasteiger partial charge < -0.3 is 4.74 Å². The maximum absolute atomic E-state index is 11.5. The van der Waals surface area contributed by atoms with Crippen molar-refractivity contribution >= 4 is 5.97 Å². The molecule has 0 heterocycles. The maximum atomic E-state index is 11.5. The summed E-state index contributed by atoms with van der Waals surface area (Å²) in [7, 11) is 0. The average Bonchev–Trinajstić information content (AvgIpc) is 2.25. The summed E-state index contributed by atoms with van der Waals surface area (Å²) in [6.07, 6.45) is 7.25. The monoisotopic (exact) mass is 228 g/mol. The van der Waals surface area contributed by atoms with Crippen LogP contribution in [0, 0.1) is 5.92 Å². The number of hydrogen-bond acceptors (Lipinski definition) is 2. The van der Waals surface area contributed by atoms with E-state index >= 15 is 0 Å². The van der Waals surface area contributed by atoms with E-state index in [9.17, 15) is 4.79 Å². The Hall–Kier alpha value is -0.530. The van der Waals surface area contributed by atoms with Crippen molar-refractivity contribution in [2.45, 2.75) is 78.7 Å². The second kappa shape index (κ2) is 9.68. The lowest BCUT2D eigenvalue weighted by atomic mass is 10.1. The van der Waals surface area contributed by atoms with Crippen molar-refractivity contribution in [2.75, 3.05) is 0 Å². The van der Waals surface area contributed by atoms with Crippen molar-refractivity contribution in [3.05, 3.63) is 0 Å². The first-order valence-corrected chi connectivity index (χ1v) is 6.79. The normalized spacial score (nSPS) is 12.8. The third kappa shape index (κ3) is 8.75. The fourth-order valence-electron chi connectivity index (χ4n) is 1.62. The Kier molecular flexibility index (Phi) is 9.36. The number of ether oxygens (including phenoxy) is 1. The minimum Gasteiger partial charge on any atom is -0.462 e. The van der Waals surface area contributed by atoms with Gasteiger partial charge >= 0.3 is 5.97 Å². The number of rotatable bonds is 9. The Morgan fingerprint density at radius 3 is 2.31 bits per heavy atom. The number of esters is 1. The van der Waals surface area contributed by atoms with E-state index in [1.807, 2.05) is 0 Å². The van der Waals surface area contributed by atoms with Crippen LogP contribution < -0.4 is 0 Å². The summed E-state index contributed by atoms with van der Waals surface area (Å²) < 4.78 is 5.46. The molecule has 0 spiro atoms. The first-order chi connectivity index (χ1) is 7.60. The molecule has 0 radical (unpaired) electrons. The van der Waals surface area contributed by atoms with Gasteiger partial charge in [-0.05, 0) is 31.6 Å². The van der Waals surface area contributed by atoms with Crippen molar-refractivity contribution < 1.29 is 9.53 Å². The van der Waals surface area contributed by atoms with Gasteiger partial charge in [0.25, 0.3) is 0 Å². The molecule has 0 aliphatic heterocycles. The topological polar surface area (TPSA) is 26.3 Å². The summed E-state index contributed by atoms with van der Waals surface area (Å²) in [6, 6.07) is 0. The van der Waals surface area contributed by atoms with Gasteiger partial charge in [0.2, 0.25) is 0 Å². The van der Waals surface area contributed by atoms with Crippen LogP contribution in [0.1, 0.15) is 72.6 Å². The highest BCUT2D eigenvalue weighted by atomic mass is 16.5. The zero-order valence-electron chi connectivity index (χ0n) is 11.4. The van der Waals surface area contributed by atoms with E-state index in [-0.39, 0.29) is 12.1 Å². The van der Waals surface area contributed by atoms with Crippen LogP contribution in [-0.2, 0) is 9.53 Å². The Morgan fingerprint density at radius 2 is 1.81 bits per heavy atom. The first-order valence-electron chi connectivity index (χ1n) is 6.79. The minimum atomic E-state index is -0.0166. The van der Waals surface area contributed by atoms with Gasteiger partial charge in [-0.2, -0.15) is 0 Å². The van der Waals surface area contributed by atoms with Crippen molar-refractivity contribution in [3.8, 4) is 0 Å². The van der Waals surface area contributed by atoms with E-state index in [2.05, 4.69) is 27.7 Å². The molecule has 0 amide bonds. The van der Waals surface area contributed by atoms with E-state index in [0.29, 0.717) is 12.3 Å². The molecule has 0 aliphatic carbocycles. The summed E-state index contributed by atoms with van der Waals surface area (Å²) in [4.78, 5) is 11.5. The van der Waals surface area contributed by atoms with Gasteiger partial charge in [0.05, 0.1) is 0 Å². The molecule has 2 nitrogen and oxygen atoms in total. The Labute approximate surface area is 101 Å². The van der Waals surface area contributed by atoms with Crippen molar-refractivity contribution in [2.24, 2.45) is 5.92 Å². The molecule has 0 fully saturated rings. The van der Waals surface area contributed by atoms with Gasteiger partial charge in [-0.25, -0.2) is 0 Å². The molecule has 1 unspecified atom stereocenters. The summed E-state index contributed by atoms with van der Waals surface area (Å²) in [5.41, 5.74) is 0. The lowest BCUT2D eigenvalue weighted by Gasteiger charge is -2.16. The van der Waals surface area contributed by atoms with E-state index < -0.39 is 0 Å². The third-order valence-corrected chi connectivity index (χ3v) is 2.81. The Morgan fingerprint density at radius 1 is 1.12 bits per heavy atom. The molecular formula is C14H28O2. The predicted molar refractivity (Wildman–Crippen MR) is 68.4 cm³/mol. The lowest BCUT2D eigenvalue weighted by Crippen LogP contribution is -2.17. The molecule has 0 aliphatic rings. The largest absolute Gasteiger partial charge is 0.462 e. The molecule has 0 rings (SSSR count). The van der Waals surface area contributed by atoms with Crippen LogP contribution in [0.4, 0.5) is 0 Å². The molecule has 0 saturated heterocycles. The molecule has 0 aromatic rings. The molecular weight excluding hydrogens is 200 g/mol. The highest BCUT2D eigenvalue weighted by Gasteiger charge is 2.12. The molecule has 2 heteroatoms. The summed E-state index contributed by atoms with van der Waals surface area (Å²) in [6.45, 7) is 8.54. The minimum absolute atomic E-state index is 0.0166. The lowest BCUT2D eigenvalue weighted by molar-refractivity contribution is -0.149. The smallest absolute Gasteiger partial charge is 0.306 e. The average molecular weight is 228 g/mol. The molecule has 0 N–H and O–H groups in total. The zero-order valence-corrected chi connectivity index (χ0v) is 11.4. The standard InChI is InChI=1S/C14H28O2/c1-5-7-8-9-13(6-2)16-14(15)11-10-12(3)4/h12-13H,5-11H2,1-4H3. The van der Waals surface area contributed by atoms with Crippen LogP contribution in [0.15, 0.2) is 0 Å². The predicted octanol–water partition coefficient (Wildman–Crippen LogP) is 4.32. The molecule has 16 heavy (non-hydrogen) atoms. The van der Waals surface area contributed by atoms with Crippen LogP contribution in [0.5, 0.6) is 0 Å². The first kappa shape index (κ1) is 15.5. The van der Waals surface area contributed by atoms with Gasteiger partial charge in [0.15, 0.2) is 0 Å². The molecule has 0 bridgehead atoms. The quantitative estimate of drug-likeness (QED) is 0.434. The zero-order chi connectivity index (χ0) is 12.4. The summed E-state index contributed by atoms with van der Waals surface area (Å²) in [5.74, 6) is 0.560. The fraction of sp³-hybridized carbons (Fsp3) is 0.929. The van der Waals surface area contributed by atoms with E-state index in [4.69, 9.17) is 4.74 Å². The summed E-state index contributed by atoms with van der Waals surface area (Å²) in [5, 5.41) is 0. The third-order valence-electron chi connectivity index (χ3n) is 2.81. The van der Waals surface area contributed by atoms with Crippen LogP contribution in [-0.4, -0.2) is 12.1 Å². The van der Waals surface area contributed by atoms with Gasteiger partial charge in [0.1, 0.15) is 6.10 Å². The highest BCUT2D eigenvalue weighted by molar-refractivity contribution is 5.69. The van der Waals surface area contributed by atoms with Gasteiger partial charge in [0, 0.05) is 6.42 Å². The van der Waals surface area contributed by atoms with Crippen LogP contribution in [0.3, 0.4) is 0 Å². The number of hydrogen-bond donors (Lipinski definition) is 0. The van der Waals surface area contributed by atoms with Crippen LogP contribution >= 0.6 is 0 Å². The van der Waals surface area contributed by atoms with Gasteiger partial charge in [-0.15, -0.1) is 0 Å². The van der Waals surface area contributed by atoms with E-state index in [1.54, 1.807) is 0 Å². The van der Waals surface area contributed by atoms with Gasteiger partial charge in [-0.1, -0.05) is 40.5 Å². The number of carbonyl (C=O) groups is 1. The molecule has 0 aromatic carbocycles. The van der Waals surface area contributed by atoms with Crippen LogP contribution in [0.25, 0.3) is 0 Å². The van der Waals surface area contributed by atoms with Gasteiger partial charge in [-0.3, -0.25) is 4.79 Å². The van der Waals surface area contributed by atoms with Crippen molar-refractivity contribution in [1.82, 2.24) is 0 Å². The fourth-order valence-corrected chi connectivity index (χ4v) is 1.62. The molecule has 0 aromatic heterocycles. The van der Waals surface area contributed by atoms with E-state index in [0.717, 1.165) is 19.3 Å². The van der Waals surface area contributed by atoms with Crippen LogP contribution in [0.2, 0.25) is 0 Å². The number of carbonyl (C=O) groups excluding carboxylic acids is 1. The van der Waals surface area contributed by atoms with E-state index in [1.165, 1.54) is 19.3 Å². The highest BCUT2D eigenvalue weighted by Crippen LogP contribution is 2.12. The second-order valence-electron chi connectivity index (χ2n) is 4.95. The van der Waals surface area contributed by atoms with Crippen molar-refractivity contribution in [3.63, 3.8) is 0 Å². The SMILES string of the molecule is CCCCCC(CC)OC(=O)CCC(C)C. The Balaban J connectivity index is 3.70.